The van der Waals surface area contributed by atoms with Crippen LogP contribution in [0, 0.1) is 10.1 Å². The number of nitro groups is 1. The Hall–Kier alpha value is -3.33. The highest BCUT2D eigenvalue weighted by Gasteiger charge is 2.26. The zero-order valence-corrected chi connectivity index (χ0v) is 16.4. The molecule has 1 amide bonds. The van der Waals surface area contributed by atoms with Gasteiger partial charge in [0.05, 0.1) is 16.3 Å². The molecule has 0 fully saturated rings. The van der Waals surface area contributed by atoms with E-state index in [0.717, 1.165) is 22.8 Å². The number of ether oxygens (including phenoxy) is 1. The standard InChI is InChI=1S/C20H18N4O4S/c1-13(28-16-5-3-2-4-6-16)20(25)21-19-17-11-29-12-18(17)22-23(19)14-7-9-15(10-8-14)24(26)27/h2-10,13H,11-12H2,1H3,(H,21,25)/t13-/m0/s1. The van der Waals surface area contributed by atoms with Crippen LogP contribution in [0.25, 0.3) is 5.69 Å². The molecule has 3 aromatic rings. The van der Waals surface area contributed by atoms with Gasteiger partial charge in [-0.05, 0) is 31.2 Å². The van der Waals surface area contributed by atoms with Crippen LogP contribution in [0.5, 0.6) is 5.75 Å². The maximum Gasteiger partial charge on any atom is 0.269 e. The minimum Gasteiger partial charge on any atom is -0.481 e. The third-order valence-electron chi connectivity index (χ3n) is 4.52. The summed E-state index contributed by atoms with van der Waals surface area (Å²) >= 11 is 1.72. The number of nitrogens with one attached hydrogen (secondary N) is 1. The SMILES string of the molecule is C[C@H](Oc1ccccc1)C(=O)Nc1c2c(nn1-c1ccc([N+](=O)[O-])cc1)CSC2. The number of para-hydroxylation sites is 1. The second kappa shape index (κ2) is 7.96. The predicted molar refractivity (Wildman–Crippen MR) is 110 cm³/mol. The lowest BCUT2D eigenvalue weighted by Crippen LogP contribution is -2.31. The number of aromatic nitrogens is 2. The molecule has 1 aliphatic heterocycles. The molecule has 1 aliphatic rings. The fourth-order valence-electron chi connectivity index (χ4n) is 3.02. The molecule has 4 rings (SSSR count). The summed E-state index contributed by atoms with van der Waals surface area (Å²) in [6, 6.07) is 15.2. The van der Waals surface area contributed by atoms with Gasteiger partial charge in [0, 0.05) is 29.2 Å². The second-order valence-corrected chi connectivity index (χ2v) is 7.50. The lowest BCUT2D eigenvalue weighted by Gasteiger charge is -2.16. The average Bonchev–Trinajstić information content (AvgIpc) is 3.31. The van der Waals surface area contributed by atoms with Crippen molar-refractivity contribution in [2.24, 2.45) is 0 Å². The van der Waals surface area contributed by atoms with Crippen LogP contribution >= 0.6 is 11.8 Å². The van der Waals surface area contributed by atoms with E-state index in [1.54, 1.807) is 47.6 Å². The third kappa shape index (κ3) is 3.95. The molecule has 2 aromatic carbocycles. The molecule has 0 saturated carbocycles. The highest BCUT2D eigenvalue weighted by molar-refractivity contribution is 7.98. The van der Waals surface area contributed by atoms with Gasteiger partial charge in [-0.1, -0.05) is 18.2 Å². The highest BCUT2D eigenvalue weighted by atomic mass is 32.2. The molecule has 29 heavy (non-hydrogen) atoms. The Kier molecular flexibility index (Phi) is 5.22. The van der Waals surface area contributed by atoms with E-state index in [-0.39, 0.29) is 11.6 Å². The Balaban J connectivity index is 1.59. The Morgan fingerprint density at radius 3 is 2.62 bits per heavy atom. The number of benzene rings is 2. The fourth-order valence-corrected chi connectivity index (χ4v) is 4.05. The Bertz CT molecular complexity index is 1050. The normalized spacial score (nSPS) is 13.6. The summed E-state index contributed by atoms with van der Waals surface area (Å²) in [6.45, 7) is 1.68. The molecule has 1 atom stereocenters. The number of anilines is 1. The average molecular weight is 410 g/mol. The zero-order valence-electron chi connectivity index (χ0n) is 15.6. The van der Waals surface area contributed by atoms with Crippen molar-refractivity contribution in [3.05, 3.63) is 76.0 Å². The lowest BCUT2D eigenvalue weighted by molar-refractivity contribution is -0.384. The maximum atomic E-state index is 12.8. The first-order valence-corrected chi connectivity index (χ1v) is 10.1. The molecule has 0 saturated heterocycles. The molecule has 1 N–H and O–H groups in total. The number of thioether (sulfide) groups is 1. The molecule has 0 unspecified atom stereocenters. The van der Waals surface area contributed by atoms with E-state index < -0.39 is 11.0 Å². The van der Waals surface area contributed by atoms with Crippen LogP contribution in [0.2, 0.25) is 0 Å². The van der Waals surface area contributed by atoms with Crippen LogP contribution in [0.15, 0.2) is 54.6 Å². The molecule has 8 nitrogen and oxygen atoms in total. The molecule has 1 aromatic heterocycles. The van der Waals surface area contributed by atoms with Gasteiger partial charge in [0.2, 0.25) is 0 Å². The number of amides is 1. The zero-order chi connectivity index (χ0) is 20.4. The summed E-state index contributed by atoms with van der Waals surface area (Å²) in [5, 5.41) is 18.4. The molecule has 2 heterocycles. The van der Waals surface area contributed by atoms with Crippen LogP contribution in [0.1, 0.15) is 18.2 Å². The molecule has 0 aliphatic carbocycles. The summed E-state index contributed by atoms with van der Waals surface area (Å²) in [4.78, 5) is 23.2. The number of nitrogens with zero attached hydrogens (tertiary/aromatic N) is 3. The Morgan fingerprint density at radius 1 is 1.21 bits per heavy atom. The van der Waals surface area contributed by atoms with E-state index in [4.69, 9.17) is 4.74 Å². The summed E-state index contributed by atoms with van der Waals surface area (Å²) in [7, 11) is 0. The van der Waals surface area contributed by atoms with Gasteiger partial charge < -0.3 is 10.1 Å². The van der Waals surface area contributed by atoms with Gasteiger partial charge in [-0.2, -0.15) is 16.9 Å². The van der Waals surface area contributed by atoms with Crippen LogP contribution in [0.4, 0.5) is 11.5 Å². The molecular formula is C20H18N4O4S. The van der Waals surface area contributed by atoms with Gasteiger partial charge in [0.25, 0.3) is 11.6 Å². The minimum absolute atomic E-state index is 0.000489. The van der Waals surface area contributed by atoms with Crippen LogP contribution in [-0.2, 0) is 16.3 Å². The quantitative estimate of drug-likeness (QED) is 0.488. The highest BCUT2D eigenvalue weighted by Crippen LogP contribution is 2.36. The van der Waals surface area contributed by atoms with Gasteiger partial charge in [-0.25, -0.2) is 4.68 Å². The number of rotatable bonds is 6. The molecular weight excluding hydrogens is 392 g/mol. The number of fused-ring (bicyclic) bond motifs is 1. The van der Waals surface area contributed by atoms with Gasteiger partial charge in [0.15, 0.2) is 6.10 Å². The fraction of sp³-hybridized carbons (Fsp3) is 0.200. The van der Waals surface area contributed by atoms with E-state index in [9.17, 15) is 14.9 Å². The Labute approximate surface area is 171 Å². The number of carbonyl (C=O) groups is 1. The maximum absolute atomic E-state index is 12.8. The molecule has 148 valence electrons. The van der Waals surface area contributed by atoms with Crippen molar-refractivity contribution < 1.29 is 14.5 Å². The van der Waals surface area contributed by atoms with Crippen molar-refractivity contribution >= 4 is 29.2 Å². The smallest absolute Gasteiger partial charge is 0.269 e. The van der Waals surface area contributed by atoms with Crippen molar-refractivity contribution in [1.29, 1.82) is 0 Å². The van der Waals surface area contributed by atoms with Crippen molar-refractivity contribution in [3.63, 3.8) is 0 Å². The van der Waals surface area contributed by atoms with Crippen LogP contribution in [0.3, 0.4) is 0 Å². The summed E-state index contributed by atoms with van der Waals surface area (Å²) in [6.07, 6.45) is -0.706. The lowest BCUT2D eigenvalue weighted by atomic mass is 10.2. The monoisotopic (exact) mass is 410 g/mol. The van der Waals surface area contributed by atoms with Crippen LogP contribution < -0.4 is 10.1 Å². The summed E-state index contributed by atoms with van der Waals surface area (Å²) in [5.74, 6) is 2.39. The van der Waals surface area contributed by atoms with E-state index in [1.807, 2.05) is 18.2 Å². The third-order valence-corrected chi connectivity index (χ3v) is 5.49. The van der Waals surface area contributed by atoms with E-state index >= 15 is 0 Å². The Morgan fingerprint density at radius 2 is 1.93 bits per heavy atom. The first kappa shape index (κ1) is 19.0. The first-order valence-electron chi connectivity index (χ1n) is 8.99. The molecule has 0 spiro atoms. The van der Waals surface area contributed by atoms with Crippen molar-refractivity contribution in [2.75, 3.05) is 5.32 Å². The molecule has 9 heteroatoms. The number of carbonyl (C=O) groups excluding carboxylic acids is 1. The first-order chi connectivity index (χ1) is 14.0. The largest absolute Gasteiger partial charge is 0.481 e. The van der Waals surface area contributed by atoms with E-state index in [1.165, 1.54) is 12.1 Å². The topological polar surface area (TPSA) is 99.3 Å². The number of hydrogen-bond donors (Lipinski definition) is 1. The van der Waals surface area contributed by atoms with Crippen molar-refractivity contribution in [3.8, 4) is 11.4 Å². The number of nitro benzene ring substituents is 1. The summed E-state index contributed by atoms with van der Waals surface area (Å²) < 4.78 is 7.34. The number of non-ortho nitro benzene ring substituents is 1. The van der Waals surface area contributed by atoms with E-state index in [2.05, 4.69) is 10.4 Å². The van der Waals surface area contributed by atoms with Crippen molar-refractivity contribution in [1.82, 2.24) is 9.78 Å². The van der Waals surface area contributed by atoms with E-state index in [0.29, 0.717) is 17.3 Å². The van der Waals surface area contributed by atoms with Crippen molar-refractivity contribution in [2.45, 2.75) is 24.5 Å². The molecule has 0 radical (unpaired) electrons. The van der Waals surface area contributed by atoms with Gasteiger partial charge in [-0.3, -0.25) is 14.9 Å². The summed E-state index contributed by atoms with van der Waals surface area (Å²) in [5.41, 5.74) is 2.51. The molecule has 0 bridgehead atoms. The second-order valence-electron chi connectivity index (χ2n) is 6.51. The van der Waals surface area contributed by atoms with Gasteiger partial charge in [-0.15, -0.1) is 0 Å². The number of hydrogen-bond acceptors (Lipinski definition) is 6. The minimum atomic E-state index is -0.706. The predicted octanol–water partition coefficient (Wildman–Crippen LogP) is 3.93. The van der Waals surface area contributed by atoms with Gasteiger partial charge in [0.1, 0.15) is 11.6 Å². The van der Waals surface area contributed by atoms with Gasteiger partial charge >= 0.3 is 0 Å². The van der Waals surface area contributed by atoms with Crippen LogP contribution in [-0.4, -0.2) is 26.7 Å².